The zero-order valence-corrected chi connectivity index (χ0v) is 14.3. The van der Waals surface area contributed by atoms with Gasteiger partial charge in [0.1, 0.15) is 30.0 Å². The van der Waals surface area contributed by atoms with Crippen LogP contribution in [0.15, 0.2) is 47.2 Å². The molecule has 2 aromatic heterocycles. The Labute approximate surface area is 150 Å². The number of imidazole rings is 1. The third kappa shape index (κ3) is 4.51. The smallest absolute Gasteiger partial charge is 0.210 e. The van der Waals surface area contributed by atoms with E-state index in [1.54, 1.807) is 37.5 Å². The van der Waals surface area contributed by atoms with E-state index in [4.69, 9.17) is 14.4 Å². The van der Waals surface area contributed by atoms with Crippen LogP contribution in [0.5, 0.6) is 5.75 Å². The molecule has 2 N–H and O–H groups in total. The van der Waals surface area contributed by atoms with E-state index >= 15 is 0 Å². The molecule has 0 fully saturated rings. The summed E-state index contributed by atoms with van der Waals surface area (Å²) < 4.78 is 12.4. The van der Waals surface area contributed by atoms with Crippen molar-refractivity contribution in [3.8, 4) is 17.6 Å². The fourth-order valence-electron chi connectivity index (χ4n) is 2.37. The molecule has 2 heterocycles. The summed E-state index contributed by atoms with van der Waals surface area (Å²) in [6, 6.07) is 9.01. The lowest BCUT2D eigenvalue weighted by atomic mass is 10.2. The van der Waals surface area contributed by atoms with Crippen LogP contribution in [-0.2, 0) is 6.54 Å². The Kier molecular flexibility index (Phi) is 5.69. The molecule has 26 heavy (non-hydrogen) atoms. The second-order valence-corrected chi connectivity index (χ2v) is 5.62. The molecule has 0 radical (unpaired) electrons. The Balaban J connectivity index is 1.65. The highest BCUT2D eigenvalue weighted by Crippen LogP contribution is 2.13. The Hall–Kier alpha value is -3.08. The molecule has 7 heteroatoms. The van der Waals surface area contributed by atoms with Crippen LogP contribution in [0.25, 0.3) is 0 Å². The van der Waals surface area contributed by atoms with Crippen molar-refractivity contribution < 1.29 is 19.5 Å². The predicted octanol–water partition coefficient (Wildman–Crippen LogP) is 1.74. The van der Waals surface area contributed by atoms with Crippen molar-refractivity contribution in [1.82, 2.24) is 14.7 Å². The highest BCUT2D eigenvalue weighted by molar-refractivity contribution is 5.41. The molecule has 0 aliphatic rings. The van der Waals surface area contributed by atoms with Gasteiger partial charge in [0.25, 0.3) is 0 Å². The molecular weight excluding hydrogens is 334 g/mol. The molecule has 3 aromatic rings. The van der Waals surface area contributed by atoms with Crippen molar-refractivity contribution >= 4 is 0 Å². The van der Waals surface area contributed by atoms with Crippen molar-refractivity contribution in [3.63, 3.8) is 0 Å². The molecule has 0 aliphatic heterocycles. The lowest BCUT2D eigenvalue weighted by molar-refractivity contribution is 0.184. The number of hydrogen-bond acceptors (Lipinski definition) is 6. The molecule has 0 aliphatic carbocycles. The third-order valence-electron chi connectivity index (χ3n) is 3.56. The monoisotopic (exact) mass is 353 g/mol. The van der Waals surface area contributed by atoms with E-state index in [0.29, 0.717) is 29.6 Å². The van der Waals surface area contributed by atoms with Crippen molar-refractivity contribution in [3.05, 3.63) is 65.6 Å². The summed E-state index contributed by atoms with van der Waals surface area (Å²) in [7, 11) is 0. The van der Waals surface area contributed by atoms with Gasteiger partial charge >= 0.3 is 0 Å². The summed E-state index contributed by atoms with van der Waals surface area (Å²) in [5.74, 6) is 7.64. The van der Waals surface area contributed by atoms with Gasteiger partial charge in [0.2, 0.25) is 5.76 Å². The number of nitrogens with zero attached hydrogens (tertiary/aromatic N) is 3. The van der Waals surface area contributed by atoms with Gasteiger partial charge in [-0.05, 0) is 37.1 Å². The second-order valence-electron chi connectivity index (χ2n) is 5.62. The first-order valence-corrected chi connectivity index (χ1v) is 8.16. The van der Waals surface area contributed by atoms with E-state index in [-0.39, 0.29) is 13.2 Å². The van der Waals surface area contributed by atoms with E-state index in [0.717, 1.165) is 5.56 Å². The number of ether oxygens (including phenoxy) is 1. The van der Waals surface area contributed by atoms with Gasteiger partial charge in [0.05, 0.1) is 13.2 Å². The minimum absolute atomic E-state index is 0.0207. The maximum atomic E-state index is 9.68. The fraction of sp³-hybridized carbons (Fsp3) is 0.263. The van der Waals surface area contributed by atoms with Crippen LogP contribution in [0, 0.1) is 11.8 Å². The van der Waals surface area contributed by atoms with Crippen LogP contribution in [0.2, 0.25) is 0 Å². The minimum atomic E-state index is -0.652. The van der Waals surface area contributed by atoms with Gasteiger partial charge in [-0.1, -0.05) is 11.1 Å². The Morgan fingerprint density at radius 1 is 1.27 bits per heavy atom. The number of aromatic nitrogens is 3. The topological polar surface area (TPSA) is 93.5 Å². The molecule has 0 amide bonds. The van der Waals surface area contributed by atoms with Gasteiger partial charge in [-0.3, -0.25) is 0 Å². The average molecular weight is 353 g/mol. The SMILES string of the molecule is C[C@@H](O)c1nccn1Cc1cc(C#Cc2ccc(OCCO)cc2)on1. The van der Waals surface area contributed by atoms with Crippen LogP contribution in [0.3, 0.4) is 0 Å². The largest absolute Gasteiger partial charge is 0.491 e. The van der Waals surface area contributed by atoms with Gasteiger partial charge in [-0.25, -0.2) is 4.98 Å². The van der Waals surface area contributed by atoms with Crippen LogP contribution < -0.4 is 4.74 Å². The van der Waals surface area contributed by atoms with Crippen molar-refractivity contribution in [1.29, 1.82) is 0 Å². The van der Waals surface area contributed by atoms with Gasteiger partial charge < -0.3 is 24.0 Å². The molecule has 1 aromatic carbocycles. The van der Waals surface area contributed by atoms with Gasteiger partial charge in [0, 0.05) is 24.0 Å². The summed E-state index contributed by atoms with van der Waals surface area (Å²) in [6.45, 7) is 2.35. The maximum Gasteiger partial charge on any atom is 0.210 e. The minimum Gasteiger partial charge on any atom is -0.491 e. The van der Waals surface area contributed by atoms with E-state index in [9.17, 15) is 5.11 Å². The van der Waals surface area contributed by atoms with Crippen LogP contribution in [0.1, 0.15) is 35.9 Å². The van der Waals surface area contributed by atoms with E-state index < -0.39 is 6.10 Å². The normalized spacial score (nSPS) is 11.7. The van der Waals surface area contributed by atoms with E-state index in [2.05, 4.69) is 22.0 Å². The zero-order valence-electron chi connectivity index (χ0n) is 14.3. The number of aliphatic hydroxyl groups is 2. The first-order chi connectivity index (χ1) is 12.7. The first kappa shape index (κ1) is 17.7. The second kappa shape index (κ2) is 8.34. The van der Waals surface area contributed by atoms with E-state index in [1.807, 2.05) is 16.7 Å². The molecule has 0 spiro atoms. The summed E-state index contributed by atoms with van der Waals surface area (Å²) in [6.07, 6.45) is 2.76. The molecule has 0 unspecified atom stereocenters. The summed E-state index contributed by atoms with van der Waals surface area (Å²) in [5.41, 5.74) is 1.51. The lowest BCUT2D eigenvalue weighted by Gasteiger charge is -2.07. The summed E-state index contributed by atoms with van der Waals surface area (Å²) in [4.78, 5) is 4.12. The molecule has 3 rings (SSSR count). The Bertz CT molecular complexity index is 901. The molecule has 1 atom stereocenters. The predicted molar refractivity (Wildman–Crippen MR) is 93.5 cm³/mol. The molecule has 7 nitrogen and oxygen atoms in total. The van der Waals surface area contributed by atoms with Crippen molar-refractivity contribution in [2.75, 3.05) is 13.2 Å². The standard InChI is InChI=1S/C19H19N3O4/c1-14(24)19-20-8-9-22(19)13-16-12-18(26-21-16)7-4-15-2-5-17(6-3-15)25-11-10-23/h2-3,5-6,8-9,12,14,23-24H,10-11,13H2,1H3/t14-/m1/s1. The van der Waals surface area contributed by atoms with E-state index in [1.165, 1.54) is 0 Å². The molecular formula is C19H19N3O4. The Morgan fingerprint density at radius 2 is 2.08 bits per heavy atom. The zero-order chi connectivity index (χ0) is 18.4. The molecule has 134 valence electrons. The van der Waals surface area contributed by atoms with Gasteiger partial charge in [0.15, 0.2) is 0 Å². The quantitative estimate of drug-likeness (QED) is 0.656. The Morgan fingerprint density at radius 3 is 2.81 bits per heavy atom. The first-order valence-electron chi connectivity index (χ1n) is 8.16. The van der Waals surface area contributed by atoms with Crippen LogP contribution in [0.4, 0.5) is 0 Å². The molecule has 0 saturated carbocycles. The van der Waals surface area contributed by atoms with Crippen LogP contribution >= 0.6 is 0 Å². The van der Waals surface area contributed by atoms with Gasteiger partial charge in [-0.2, -0.15) is 0 Å². The van der Waals surface area contributed by atoms with Crippen LogP contribution in [-0.4, -0.2) is 38.1 Å². The average Bonchev–Trinajstić information content (AvgIpc) is 3.29. The fourth-order valence-corrected chi connectivity index (χ4v) is 2.37. The molecule has 0 saturated heterocycles. The number of hydrogen-bond donors (Lipinski definition) is 2. The van der Waals surface area contributed by atoms with Crippen molar-refractivity contribution in [2.24, 2.45) is 0 Å². The number of aliphatic hydroxyl groups excluding tert-OH is 2. The molecule has 0 bridgehead atoms. The number of rotatable bonds is 6. The van der Waals surface area contributed by atoms with Gasteiger partial charge in [-0.15, -0.1) is 0 Å². The summed E-state index contributed by atoms with van der Waals surface area (Å²) >= 11 is 0. The lowest BCUT2D eigenvalue weighted by Crippen LogP contribution is -2.07. The highest BCUT2D eigenvalue weighted by atomic mass is 16.5. The number of benzene rings is 1. The summed E-state index contributed by atoms with van der Waals surface area (Å²) in [5, 5.41) is 22.4. The third-order valence-corrected chi connectivity index (χ3v) is 3.56. The maximum absolute atomic E-state index is 9.68. The highest BCUT2D eigenvalue weighted by Gasteiger charge is 2.10. The van der Waals surface area contributed by atoms with Crippen molar-refractivity contribution in [2.45, 2.75) is 19.6 Å².